The summed E-state index contributed by atoms with van der Waals surface area (Å²) >= 11 is 5.14. The molecule has 0 fully saturated rings. The van der Waals surface area contributed by atoms with Crippen LogP contribution in [0.3, 0.4) is 0 Å². The zero-order valence-electron chi connectivity index (χ0n) is 12.0. The van der Waals surface area contributed by atoms with E-state index < -0.39 is 0 Å². The van der Waals surface area contributed by atoms with E-state index in [1.165, 1.54) is 0 Å². The molecule has 0 saturated carbocycles. The van der Waals surface area contributed by atoms with Crippen molar-refractivity contribution in [3.8, 4) is 10.8 Å². The fraction of sp³-hybridized carbons (Fsp3) is 0.357. The van der Waals surface area contributed by atoms with Gasteiger partial charge in [0.05, 0.1) is 27.5 Å². The smallest absolute Gasteiger partial charge is 0.257 e. The molecule has 21 heavy (non-hydrogen) atoms. The molecule has 0 aromatic carbocycles. The molecule has 3 rings (SSSR count). The summed E-state index contributed by atoms with van der Waals surface area (Å²) in [6.45, 7) is 6.81. The molecule has 7 heteroatoms. The fourth-order valence-electron chi connectivity index (χ4n) is 2.12. The van der Waals surface area contributed by atoms with Crippen molar-refractivity contribution in [2.75, 3.05) is 0 Å². The molecule has 5 nitrogen and oxygen atoms in total. The quantitative estimate of drug-likeness (QED) is 0.694. The van der Waals surface area contributed by atoms with E-state index in [-0.39, 0.29) is 5.92 Å². The summed E-state index contributed by atoms with van der Waals surface area (Å²) in [6.07, 6.45) is 0. The van der Waals surface area contributed by atoms with Crippen molar-refractivity contribution in [1.29, 1.82) is 0 Å². The van der Waals surface area contributed by atoms with Crippen LogP contribution in [0.25, 0.3) is 10.8 Å². The zero-order chi connectivity index (χ0) is 15.0. The van der Waals surface area contributed by atoms with E-state index in [0.29, 0.717) is 18.3 Å². The predicted octanol–water partition coefficient (Wildman–Crippen LogP) is 4.18. The van der Waals surface area contributed by atoms with Crippen LogP contribution in [0.15, 0.2) is 26.4 Å². The van der Waals surface area contributed by atoms with Gasteiger partial charge in [0, 0.05) is 5.69 Å². The Morgan fingerprint density at radius 1 is 1.38 bits per heavy atom. The Bertz CT molecular complexity index is 747. The summed E-state index contributed by atoms with van der Waals surface area (Å²) in [4.78, 5) is 0.995. The van der Waals surface area contributed by atoms with E-state index in [0.717, 1.165) is 20.7 Å². The van der Waals surface area contributed by atoms with Gasteiger partial charge in [0.1, 0.15) is 0 Å². The molecular formula is C14H15BrN4OS. The van der Waals surface area contributed by atoms with Crippen molar-refractivity contribution in [2.24, 2.45) is 0 Å². The molecule has 3 heterocycles. The summed E-state index contributed by atoms with van der Waals surface area (Å²) in [5, 5.41) is 14.8. The lowest BCUT2D eigenvalue weighted by molar-refractivity contribution is 0.420. The minimum Gasteiger partial charge on any atom is -0.420 e. The van der Waals surface area contributed by atoms with Gasteiger partial charge < -0.3 is 4.42 Å². The molecule has 3 aromatic rings. The fourth-order valence-corrected chi connectivity index (χ4v) is 3.05. The van der Waals surface area contributed by atoms with Crippen LogP contribution in [0.5, 0.6) is 0 Å². The maximum Gasteiger partial charge on any atom is 0.257 e. The second-order valence-electron chi connectivity index (χ2n) is 4.99. The predicted molar refractivity (Wildman–Crippen MR) is 85.4 cm³/mol. The highest BCUT2D eigenvalue weighted by Crippen LogP contribution is 2.27. The molecule has 0 aliphatic carbocycles. The van der Waals surface area contributed by atoms with E-state index in [2.05, 4.69) is 38.1 Å². The lowest BCUT2D eigenvalue weighted by Gasteiger charge is -2.08. The second-order valence-corrected chi connectivity index (χ2v) is 6.73. The maximum absolute atomic E-state index is 5.77. The van der Waals surface area contributed by atoms with Gasteiger partial charge in [-0.2, -0.15) is 5.10 Å². The molecule has 1 atom stereocenters. The second kappa shape index (κ2) is 5.73. The number of nitrogens with zero attached hydrogens (tertiary/aromatic N) is 4. The summed E-state index contributed by atoms with van der Waals surface area (Å²) in [7, 11) is 0. The van der Waals surface area contributed by atoms with Gasteiger partial charge in [-0.25, -0.2) is 0 Å². The normalized spacial score (nSPS) is 12.8. The van der Waals surface area contributed by atoms with Crippen molar-refractivity contribution in [1.82, 2.24) is 20.0 Å². The number of hydrogen-bond acceptors (Lipinski definition) is 5. The summed E-state index contributed by atoms with van der Waals surface area (Å²) in [5.41, 5.74) is 2.10. The molecule has 110 valence electrons. The first-order valence-corrected chi connectivity index (χ1v) is 8.30. The molecule has 0 amide bonds. The van der Waals surface area contributed by atoms with Crippen LogP contribution < -0.4 is 0 Å². The van der Waals surface area contributed by atoms with Gasteiger partial charge >= 0.3 is 0 Å². The lowest BCUT2D eigenvalue weighted by Crippen LogP contribution is -2.09. The maximum atomic E-state index is 5.77. The molecule has 0 N–H and O–H groups in total. The molecule has 0 spiro atoms. The number of thiophene rings is 1. The summed E-state index contributed by atoms with van der Waals surface area (Å²) < 4.78 is 8.80. The van der Waals surface area contributed by atoms with Crippen LogP contribution in [0.2, 0.25) is 0 Å². The molecule has 0 saturated heterocycles. The Morgan fingerprint density at radius 3 is 2.81 bits per heavy atom. The van der Waals surface area contributed by atoms with Crippen molar-refractivity contribution in [3.63, 3.8) is 0 Å². The average Bonchev–Trinajstić information content (AvgIpc) is 3.17. The van der Waals surface area contributed by atoms with Crippen molar-refractivity contribution < 1.29 is 4.42 Å². The Morgan fingerprint density at radius 2 is 2.19 bits per heavy atom. The standard InChI is InChI=1S/C14H15BrN4OS/c1-8(7-19-10(3)12(15)9(2)18-19)13-16-17-14(20-13)11-5-4-6-21-11/h4-6,8H,7H2,1-3H3. The SMILES string of the molecule is Cc1nn(CC(C)c2nnc(-c3cccs3)o2)c(C)c1Br. The largest absolute Gasteiger partial charge is 0.420 e. The molecule has 1 unspecified atom stereocenters. The zero-order valence-corrected chi connectivity index (χ0v) is 14.4. The Kier molecular flexibility index (Phi) is 3.95. The minimum absolute atomic E-state index is 0.108. The van der Waals surface area contributed by atoms with Gasteiger partial charge in [0.15, 0.2) is 0 Å². The van der Waals surface area contributed by atoms with Gasteiger partial charge in [0.2, 0.25) is 5.89 Å². The third-order valence-corrected chi connectivity index (χ3v) is 5.34. The van der Waals surface area contributed by atoms with Crippen LogP contribution in [-0.4, -0.2) is 20.0 Å². The van der Waals surface area contributed by atoms with Crippen LogP contribution in [-0.2, 0) is 6.54 Å². The number of aryl methyl sites for hydroxylation is 1. The first-order valence-electron chi connectivity index (χ1n) is 6.63. The molecular weight excluding hydrogens is 352 g/mol. The van der Waals surface area contributed by atoms with Crippen LogP contribution in [0.1, 0.15) is 30.1 Å². The van der Waals surface area contributed by atoms with Crippen LogP contribution in [0.4, 0.5) is 0 Å². The summed E-state index contributed by atoms with van der Waals surface area (Å²) in [6, 6.07) is 3.95. The highest BCUT2D eigenvalue weighted by Gasteiger charge is 2.18. The molecule has 0 aliphatic rings. The average molecular weight is 367 g/mol. The first-order chi connectivity index (χ1) is 10.1. The summed E-state index contributed by atoms with van der Waals surface area (Å²) in [5.74, 6) is 1.33. The van der Waals surface area contributed by atoms with E-state index >= 15 is 0 Å². The van der Waals surface area contributed by atoms with Gasteiger partial charge in [0.25, 0.3) is 5.89 Å². The Labute approximate surface area is 135 Å². The minimum atomic E-state index is 0.108. The van der Waals surface area contributed by atoms with Gasteiger partial charge in [-0.1, -0.05) is 13.0 Å². The highest BCUT2D eigenvalue weighted by molar-refractivity contribution is 9.10. The van der Waals surface area contributed by atoms with Crippen molar-refractivity contribution in [2.45, 2.75) is 33.2 Å². The molecule has 0 radical (unpaired) electrons. The Balaban J connectivity index is 1.79. The molecule has 0 aliphatic heterocycles. The highest BCUT2D eigenvalue weighted by atomic mass is 79.9. The topological polar surface area (TPSA) is 56.7 Å². The molecule has 3 aromatic heterocycles. The van der Waals surface area contributed by atoms with Gasteiger partial charge in [-0.3, -0.25) is 4.68 Å². The third-order valence-electron chi connectivity index (χ3n) is 3.33. The van der Waals surface area contributed by atoms with Gasteiger partial charge in [-0.05, 0) is 41.2 Å². The number of aromatic nitrogens is 4. The van der Waals surface area contributed by atoms with Crippen molar-refractivity contribution in [3.05, 3.63) is 39.3 Å². The van der Waals surface area contributed by atoms with Crippen LogP contribution >= 0.6 is 27.3 Å². The first kappa shape index (κ1) is 14.5. The van der Waals surface area contributed by atoms with E-state index in [9.17, 15) is 0 Å². The van der Waals surface area contributed by atoms with Crippen LogP contribution in [0, 0.1) is 13.8 Å². The van der Waals surface area contributed by atoms with E-state index in [4.69, 9.17) is 4.42 Å². The monoisotopic (exact) mass is 366 g/mol. The number of halogens is 1. The number of rotatable bonds is 4. The third kappa shape index (κ3) is 2.80. The molecule has 0 bridgehead atoms. The lowest BCUT2D eigenvalue weighted by atomic mass is 10.2. The number of hydrogen-bond donors (Lipinski definition) is 0. The van der Waals surface area contributed by atoms with Crippen molar-refractivity contribution >= 4 is 27.3 Å². The Hall–Kier alpha value is -1.47. The van der Waals surface area contributed by atoms with E-state index in [1.807, 2.05) is 36.0 Å². The van der Waals surface area contributed by atoms with E-state index in [1.54, 1.807) is 11.3 Å². The van der Waals surface area contributed by atoms with Gasteiger partial charge in [-0.15, -0.1) is 21.5 Å².